The number of hydrogen-bond donors (Lipinski definition) is 0. The number of benzene rings is 11. The second kappa shape index (κ2) is 14.8. The van der Waals surface area contributed by atoms with E-state index in [-0.39, 0.29) is 0 Å². The normalized spacial score (nSPS) is 11.9. The molecule has 0 spiro atoms. The molecule has 0 aliphatic rings. The van der Waals surface area contributed by atoms with Crippen molar-refractivity contribution in [2.24, 2.45) is 0 Å². The third kappa shape index (κ3) is 5.85. The minimum absolute atomic E-state index is 1.13. The van der Waals surface area contributed by atoms with Crippen LogP contribution in [0.25, 0.3) is 127 Å². The van der Waals surface area contributed by atoms with E-state index in [0.717, 1.165) is 11.4 Å². The standard InChI is InChI=1S/C64H41N3/c1-3-15-42(16-4-1)44-29-33-49(34-30-44)65-59-26-11-9-25-53(59)56-40-57-55-39-48(31-35-61(55)66(64(57)41-63(56)65)50-22-13-21-46(37-50)43-17-5-2-6-18-43)47-32-36-62-54(38-47)52-24-10-12-27-60(52)67(62)58-28-14-20-45-19-7-8-23-51(45)58/h1-41H. The molecule has 312 valence electrons. The van der Waals surface area contributed by atoms with E-state index in [9.17, 15) is 0 Å². The lowest BCUT2D eigenvalue weighted by molar-refractivity contribution is 1.16. The molecule has 0 bridgehead atoms. The van der Waals surface area contributed by atoms with Gasteiger partial charge in [-0.25, -0.2) is 0 Å². The van der Waals surface area contributed by atoms with Crippen molar-refractivity contribution in [3.8, 4) is 50.4 Å². The Hall–Kier alpha value is -8.92. The molecular formula is C64H41N3. The Morgan fingerprint density at radius 1 is 0.194 bits per heavy atom. The van der Waals surface area contributed by atoms with Crippen molar-refractivity contribution in [1.29, 1.82) is 0 Å². The van der Waals surface area contributed by atoms with Crippen LogP contribution in [0, 0.1) is 0 Å². The van der Waals surface area contributed by atoms with Crippen LogP contribution in [0.4, 0.5) is 0 Å². The zero-order valence-corrected chi connectivity index (χ0v) is 36.5. The van der Waals surface area contributed by atoms with Crippen LogP contribution in [0.15, 0.2) is 249 Å². The maximum Gasteiger partial charge on any atom is 0.0562 e. The van der Waals surface area contributed by atoms with Crippen molar-refractivity contribution in [3.05, 3.63) is 249 Å². The quantitative estimate of drug-likeness (QED) is 0.158. The fourth-order valence-corrected chi connectivity index (χ4v) is 10.9. The van der Waals surface area contributed by atoms with Gasteiger partial charge in [0.1, 0.15) is 0 Å². The van der Waals surface area contributed by atoms with Gasteiger partial charge < -0.3 is 13.7 Å². The van der Waals surface area contributed by atoms with Crippen LogP contribution in [0.5, 0.6) is 0 Å². The van der Waals surface area contributed by atoms with E-state index >= 15 is 0 Å². The monoisotopic (exact) mass is 851 g/mol. The molecule has 14 aromatic rings. The van der Waals surface area contributed by atoms with Gasteiger partial charge in [-0.05, 0) is 118 Å². The second-order valence-corrected chi connectivity index (χ2v) is 17.7. The van der Waals surface area contributed by atoms with Gasteiger partial charge in [0.05, 0.1) is 38.8 Å². The van der Waals surface area contributed by atoms with E-state index in [1.807, 2.05) is 0 Å². The van der Waals surface area contributed by atoms with Crippen molar-refractivity contribution in [1.82, 2.24) is 13.7 Å². The van der Waals surface area contributed by atoms with Crippen molar-refractivity contribution in [2.75, 3.05) is 0 Å². The SMILES string of the molecule is c1ccc(-c2ccc(-n3c4ccccc4c4cc5c6cc(-c7ccc8c(c7)c7ccccc7n8-c7cccc8ccccc78)ccc6n(-c6cccc(-c7ccccc7)c6)c5cc43)cc2)cc1. The van der Waals surface area contributed by atoms with Gasteiger partial charge in [-0.1, -0.05) is 170 Å². The number of rotatable bonds is 6. The average Bonchev–Trinajstić information content (AvgIpc) is 4.03. The highest BCUT2D eigenvalue weighted by Gasteiger charge is 2.21. The second-order valence-electron chi connectivity index (χ2n) is 17.7. The maximum atomic E-state index is 2.47. The molecule has 0 fully saturated rings. The number of para-hydroxylation sites is 2. The van der Waals surface area contributed by atoms with Crippen LogP contribution >= 0.6 is 0 Å². The van der Waals surface area contributed by atoms with Crippen LogP contribution in [-0.4, -0.2) is 13.7 Å². The minimum Gasteiger partial charge on any atom is -0.309 e. The Morgan fingerprint density at radius 2 is 0.627 bits per heavy atom. The molecule has 0 saturated carbocycles. The molecule has 0 aliphatic carbocycles. The maximum absolute atomic E-state index is 2.47. The van der Waals surface area contributed by atoms with Crippen molar-refractivity contribution < 1.29 is 0 Å². The summed E-state index contributed by atoms with van der Waals surface area (Å²) in [5, 5.41) is 9.90. The van der Waals surface area contributed by atoms with Gasteiger partial charge in [0, 0.05) is 49.1 Å². The van der Waals surface area contributed by atoms with E-state index in [0.29, 0.717) is 0 Å². The van der Waals surface area contributed by atoms with Gasteiger partial charge >= 0.3 is 0 Å². The van der Waals surface area contributed by atoms with E-state index in [4.69, 9.17) is 0 Å². The Bertz CT molecular complexity index is 4240. The fourth-order valence-electron chi connectivity index (χ4n) is 10.9. The predicted octanol–water partition coefficient (Wildman–Crippen LogP) is 17.1. The molecule has 0 atom stereocenters. The third-order valence-electron chi connectivity index (χ3n) is 14.0. The lowest BCUT2D eigenvalue weighted by atomic mass is 10.00. The van der Waals surface area contributed by atoms with Crippen LogP contribution in [0.3, 0.4) is 0 Å². The van der Waals surface area contributed by atoms with Crippen molar-refractivity contribution in [3.63, 3.8) is 0 Å². The van der Waals surface area contributed by atoms with Gasteiger partial charge in [0.25, 0.3) is 0 Å². The predicted molar refractivity (Wildman–Crippen MR) is 283 cm³/mol. The molecule has 0 N–H and O–H groups in total. The van der Waals surface area contributed by atoms with Crippen LogP contribution in [0.1, 0.15) is 0 Å². The first-order valence-corrected chi connectivity index (χ1v) is 23.1. The largest absolute Gasteiger partial charge is 0.309 e. The Labute approximate surface area is 387 Å². The van der Waals surface area contributed by atoms with E-state index in [1.165, 1.54) is 115 Å². The summed E-state index contributed by atoms with van der Waals surface area (Å²) in [6.45, 7) is 0. The summed E-state index contributed by atoms with van der Waals surface area (Å²) in [4.78, 5) is 0. The van der Waals surface area contributed by atoms with E-state index in [1.54, 1.807) is 0 Å². The number of aromatic nitrogens is 3. The highest BCUT2D eigenvalue weighted by atomic mass is 15.0. The highest BCUT2D eigenvalue weighted by molar-refractivity contribution is 6.20. The Balaban J connectivity index is 1.00. The van der Waals surface area contributed by atoms with Gasteiger partial charge in [-0.2, -0.15) is 0 Å². The Kier molecular flexibility index (Phi) is 8.28. The highest BCUT2D eigenvalue weighted by Crippen LogP contribution is 2.43. The summed E-state index contributed by atoms with van der Waals surface area (Å²) in [6.07, 6.45) is 0. The van der Waals surface area contributed by atoms with Gasteiger partial charge in [0.2, 0.25) is 0 Å². The summed E-state index contributed by atoms with van der Waals surface area (Å²) in [5.74, 6) is 0. The van der Waals surface area contributed by atoms with E-state index < -0.39 is 0 Å². The molecule has 0 saturated heterocycles. The molecule has 14 rings (SSSR count). The first-order valence-electron chi connectivity index (χ1n) is 23.1. The molecule has 11 aromatic carbocycles. The summed E-state index contributed by atoms with van der Waals surface area (Å²) in [5.41, 5.74) is 17.8. The lowest BCUT2D eigenvalue weighted by Gasteiger charge is -2.12. The number of fused-ring (bicyclic) bond motifs is 10. The smallest absolute Gasteiger partial charge is 0.0562 e. The first kappa shape index (κ1) is 37.5. The van der Waals surface area contributed by atoms with E-state index in [2.05, 4.69) is 262 Å². The molecule has 0 amide bonds. The van der Waals surface area contributed by atoms with Crippen molar-refractivity contribution >= 4 is 76.2 Å². The molecule has 0 aliphatic heterocycles. The zero-order chi connectivity index (χ0) is 44.0. The molecule has 3 heteroatoms. The van der Waals surface area contributed by atoms with Gasteiger partial charge in [0.15, 0.2) is 0 Å². The molecule has 0 unspecified atom stereocenters. The first-order chi connectivity index (χ1) is 33.2. The summed E-state index contributed by atoms with van der Waals surface area (Å²) in [7, 11) is 0. The molecule has 0 radical (unpaired) electrons. The minimum atomic E-state index is 1.13. The van der Waals surface area contributed by atoms with Crippen LogP contribution < -0.4 is 0 Å². The lowest BCUT2D eigenvalue weighted by Crippen LogP contribution is -1.96. The fraction of sp³-hybridized carbons (Fsp3) is 0. The molecule has 67 heavy (non-hydrogen) atoms. The average molecular weight is 852 g/mol. The molecule has 3 nitrogen and oxygen atoms in total. The number of hydrogen-bond acceptors (Lipinski definition) is 0. The summed E-state index contributed by atoms with van der Waals surface area (Å²) < 4.78 is 7.36. The molecular weight excluding hydrogens is 811 g/mol. The zero-order valence-electron chi connectivity index (χ0n) is 36.5. The summed E-state index contributed by atoms with van der Waals surface area (Å²) in [6, 6.07) is 91.3. The van der Waals surface area contributed by atoms with Crippen molar-refractivity contribution in [2.45, 2.75) is 0 Å². The molecule has 3 heterocycles. The Morgan fingerprint density at radius 3 is 1.33 bits per heavy atom. The van der Waals surface area contributed by atoms with Gasteiger partial charge in [-0.3, -0.25) is 0 Å². The molecule has 3 aromatic heterocycles. The van der Waals surface area contributed by atoms with Crippen LogP contribution in [0.2, 0.25) is 0 Å². The summed E-state index contributed by atoms with van der Waals surface area (Å²) >= 11 is 0. The van der Waals surface area contributed by atoms with Gasteiger partial charge in [-0.15, -0.1) is 0 Å². The third-order valence-corrected chi connectivity index (χ3v) is 14.0. The van der Waals surface area contributed by atoms with Crippen LogP contribution in [-0.2, 0) is 0 Å². The number of nitrogens with zero attached hydrogens (tertiary/aromatic N) is 3. The topological polar surface area (TPSA) is 14.8 Å².